The molecule has 1 unspecified atom stereocenters. The molecule has 1 N–H and O–H groups in total. The van der Waals surface area contributed by atoms with Crippen LogP contribution in [0, 0.1) is 0 Å². The van der Waals surface area contributed by atoms with Crippen molar-refractivity contribution in [1.29, 1.82) is 0 Å². The first-order valence-corrected chi connectivity index (χ1v) is 8.42. The molecule has 2 rings (SSSR count). The third-order valence-corrected chi connectivity index (χ3v) is 4.29. The van der Waals surface area contributed by atoms with Crippen molar-refractivity contribution in [3.63, 3.8) is 0 Å². The fourth-order valence-electron chi connectivity index (χ4n) is 2.76. The van der Waals surface area contributed by atoms with E-state index in [1.54, 1.807) is 24.3 Å². The Labute approximate surface area is 141 Å². The number of nitrogens with zero attached hydrogens (tertiary/aromatic N) is 1. The van der Waals surface area contributed by atoms with E-state index in [4.69, 9.17) is 16.3 Å². The summed E-state index contributed by atoms with van der Waals surface area (Å²) < 4.78 is 5.35. The Morgan fingerprint density at radius 2 is 2.04 bits per heavy atom. The third kappa shape index (κ3) is 5.43. The normalized spacial score (nSPS) is 17.7. The predicted molar refractivity (Wildman–Crippen MR) is 89.6 cm³/mol. The maximum Gasteiger partial charge on any atom is 0.258 e. The lowest BCUT2D eigenvalue weighted by molar-refractivity contribution is -0.136. The molecule has 1 aliphatic rings. The number of hydrogen-bond donors (Lipinski definition) is 1. The van der Waals surface area contributed by atoms with Gasteiger partial charge in [0.05, 0.1) is 6.54 Å². The van der Waals surface area contributed by atoms with Gasteiger partial charge in [-0.2, -0.15) is 0 Å². The number of nitrogens with one attached hydrogen (secondary N) is 1. The van der Waals surface area contributed by atoms with E-state index in [1.165, 1.54) is 6.42 Å². The first-order valence-electron chi connectivity index (χ1n) is 8.04. The highest BCUT2D eigenvalue weighted by Gasteiger charge is 2.25. The second kappa shape index (κ2) is 8.77. The van der Waals surface area contributed by atoms with Gasteiger partial charge in [-0.05, 0) is 49.9 Å². The highest BCUT2D eigenvalue weighted by atomic mass is 35.5. The van der Waals surface area contributed by atoms with E-state index in [0.29, 0.717) is 16.8 Å². The van der Waals surface area contributed by atoms with Crippen LogP contribution in [0.25, 0.3) is 0 Å². The summed E-state index contributed by atoms with van der Waals surface area (Å²) in [4.78, 5) is 25.9. The lowest BCUT2D eigenvalue weighted by Crippen LogP contribution is -2.48. The number of ether oxygens (including phenoxy) is 1. The standard InChI is InChI=1S/C17H23ClN2O3/c1-2-14-5-3-4-10-20(14)17(22)11-19-16(21)12-23-15-8-6-13(18)7-9-15/h6-9,14H,2-5,10-12H2,1H3,(H,19,21). The van der Waals surface area contributed by atoms with E-state index >= 15 is 0 Å². The molecule has 0 saturated carbocycles. The summed E-state index contributed by atoms with van der Waals surface area (Å²) in [6.07, 6.45) is 4.22. The van der Waals surface area contributed by atoms with Crippen molar-refractivity contribution in [2.45, 2.75) is 38.6 Å². The minimum atomic E-state index is -0.307. The number of rotatable bonds is 6. The molecule has 23 heavy (non-hydrogen) atoms. The lowest BCUT2D eigenvalue weighted by atomic mass is 10.00. The summed E-state index contributed by atoms with van der Waals surface area (Å²) in [6.45, 7) is 2.79. The van der Waals surface area contributed by atoms with Gasteiger partial charge >= 0.3 is 0 Å². The average Bonchev–Trinajstić information content (AvgIpc) is 2.59. The van der Waals surface area contributed by atoms with Gasteiger partial charge in [0.25, 0.3) is 5.91 Å². The Bertz CT molecular complexity index is 533. The Balaban J connectivity index is 1.73. The van der Waals surface area contributed by atoms with E-state index in [-0.39, 0.29) is 25.0 Å². The monoisotopic (exact) mass is 338 g/mol. The summed E-state index contributed by atoms with van der Waals surface area (Å²) in [5.41, 5.74) is 0. The second-order valence-electron chi connectivity index (χ2n) is 5.66. The molecule has 0 bridgehead atoms. The molecular formula is C17H23ClN2O3. The van der Waals surface area contributed by atoms with Crippen LogP contribution in [0.1, 0.15) is 32.6 Å². The summed E-state index contributed by atoms with van der Waals surface area (Å²) >= 11 is 5.78. The van der Waals surface area contributed by atoms with Crippen LogP contribution < -0.4 is 10.1 Å². The molecule has 1 aromatic carbocycles. The van der Waals surface area contributed by atoms with Gasteiger partial charge in [0.1, 0.15) is 5.75 Å². The smallest absolute Gasteiger partial charge is 0.258 e. The van der Waals surface area contributed by atoms with E-state index < -0.39 is 0 Å². The minimum Gasteiger partial charge on any atom is -0.484 e. The molecule has 1 aromatic rings. The van der Waals surface area contributed by atoms with Crippen molar-refractivity contribution in [1.82, 2.24) is 10.2 Å². The zero-order valence-corrected chi connectivity index (χ0v) is 14.1. The molecule has 126 valence electrons. The number of halogens is 1. The zero-order chi connectivity index (χ0) is 16.7. The molecule has 5 nitrogen and oxygen atoms in total. The molecule has 1 atom stereocenters. The number of benzene rings is 1. The van der Waals surface area contributed by atoms with Gasteiger partial charge in [-0.15, -0.1) is 0 Å². The maximum absolute atomic E-state index is 12.2. The van der Waals surface area contributed by atoms with Gasteiger partial charge in [0, 0.05) is 17.6 Å². The molecule has 1 saturated heterocycles. The Hall–Kier alpha value is -1.75. The van der Waals surface area contributed by atoms with Crippen LogP contribution in [0.15, 0.2) is 24.3 Å². The highest BCUT2D eigenvalue weighted by molar-refractivity contribution is 6.30. The van der Waals surface area contributed by atoms with Crippen LogP contribution in [-0.4, -0.2) is 42.5 Å². The Morgan fingerprint density at radius 3 is 2.74 bits per heavy atom. The Kier molecular flexibility index (Phi) is 6.71. The quantitative estimate of drug-likeness (QED) is 0.867. The fourth-order valence-corrected chi connectivity index (χ4v) is 2.89. The summed E-state index contributed by atoms with van der Waals surface area (Å²) in [6, 6.07) is 7.08. The van der Waals surface area contributed by atoms with Crippen LogP contribution in [0.5, 0.6) is 5.75 Å². The van der Waals surface area contributed by atoms with Crippen LogP contribution in [0.2, 0.25) is 5.02 Å². The molecule has 0 spiro atoms. The zero-order valence-electron chi connectivity index (χ0n) is 13.4. The number of hydrogen-bond acceptors (Lipinski definition) is 3. The Morgan fingerprint density at radius 1 is 1.30 bits per heavy atom. The van der Waals surface area contributed by atoms with Crippen LogP contribution in [0.4, 0.5) is 0 Å². The molecule has 0 radical (unpaired) electrons. The largest absolute Gasteiger partial charge is 0.484 e. The van der Waals surface area contributed by atoms with E-state index in [9.17, 15) is 9.59 Å². The molecule has 6 heteroatoms. The second-order valence-corrected chi connectivity index (χ2v) is 6.10. The lowest BCUT2D eigenvalue weighted by Gasteiger charge is -2.35. The number of carbonyl (C=O) groups excluding carboxylic acids is 2. The average molecular weight is 339 g/mol. The van der Waals surface area contributed by atoms with E-state index in [1.807, 2.05) is 4.90 Å². The van der Waals surface area contributed by atoms with E-state index in [0.717, 1.165) is 25.8 Å². The molecule has 2 amide bonds. The van der Waals surface area contributed by atoms with Crippen molar-refractivity contribution in [2.24, 2.45) is 0 Å². The van der Waals surface area contributed by atoms with Crippen LogP contribution in [-0.2, 0) is 9.59 Å². The van der Waals surface area contributed by atoms with Gasteiger partial charge in [-0.1, -0.05) is 18.5 Å². The number of piperidine rings is 1. The highest BCUT2D eigenvalue weighted by Crippen LogP contribution is 2.19. The van der Waals surface area contributed by atoms with Gasteiger partial charge in [-0.25, -0.2) is 0 Å². The number of likely N-dealkylation sites (tertiary alicyclic amines) is 1. The first kappa shape index (κ1) is 17.6. The maximum atomic E-state index is 12.2. The van der Waals surface area contributed by atoms with Gasteiger partial charge in [0.15, 0.2) is 6.61 Å². The summed E-state index contributed by atoms with van der Waals surface area (Å²) in [7, 11) is 0. The SMILES string of the molecule is CCC1CCCCN1C(=O)CNC(=O)COc1ccc(Cl)cc1. The van der Waals surface area contributed by atoms with Gasteiger partial charge in [-0.3, -0.25) is 9.59 Å². The summed E-state index contributed by atoms with van der Waals surface area (Å²) in [5.74, 6) is 0.243. The molecule has 1 fully saturated rings. The van der Waals surface area contributed by atoms with Gasteiger partial charge < -0.3 is 15.0 Å². The van der Waals surface area contributed by atoms with E-state index in [2.05, 4.69) is 12.2 Å². The predicted octanol–water partition coefficient (Wildman–Crippen LogP) is 2.63. The van der Waals surface area contributed by atoms with Crippen molar-refractivity contribution in [3.05, 3.63) is 29.3 Å². The molecule has 0 aliphatic carbocycles. The first-order chi connectivity index (χ1) is 11.1. The van der Waals surface area contributed by atoms with Crippen molar-refractivity contribution in [2.75, 3.05) is 19.7 Å². The van der Waals surface area contributed by atoms with Gasteiger partial charge in [0.2, 0.25) is 5.91 Å². The molecule has 1 heterocycles. The number of amides is 2. The third-order valence-electron chi connectivity index (χ3n) is 4.04. The van der Waals surface area contributed by atoms with Crippen molar-refractivity contribution >= 4 is 23.4 Å². The van der Waals surface area contributed by atoms with Crippen LogP contribution in [0.3, 0.4) is 0 Å². The topological polar surface area (TPSA) is 58.6 Å². The van der Waals surface area contributed by atoms with Crippen LogP contribution >= 0.6 is 11.6 Å². The summed E-state index contributed by atoms with van der Waals surface area (Å²) in [5, 5.41) is 3.24. The number of carbonyl (C=O) groups is 2. The fraction of sp³-hybridized carbons (Fsp3) is 0.529. The molecular weight excluding hydrogens is 316 g/mol. The minimum absolute atomic E-state index is 0.0172. The molecule has 1 aliphatic heterocycles. The molecule has 0 aromatic heterocycles. The van der Waals surface area contributed by atoms with Crippen molar-refractivity contribution < 1.29 is 14.3 Å². The van der Waals surface area contributed by atoms with Crippen molar-refractivity contribution in [3.8, 4) is 5.75 Å².